The zero-order valence-corrected chi connectivity index (χ0v) is 18.8. The second kappa shape index (κ2) is 16.9. The van der Waals surface area contributed by atoms with Crippen LogP contribution in [0, 0.1) is 0 Å². The van der Waals surface area contributed by atoms with Gasteiger partial charge in [0.2, 0.25) is 0 Å². The fourth-order valence-electron chi connectivity index (χ4n) is 2.13. The highest BCUT2D eigenvalue weighted by molar-refractivity contribution is 14.0. The minimum absolute atomic E-state index is 0. The first-order valence-corrected chi connectivity index (χ1v) is 10.2. The minimum Gasteiger partial charge on any atom is -0.382 e. The van der Waals surface area contributed by atoms with Crippen LogP contribution in [0.3, 0.4) is 0 Å². The van der Waals surface area contributed by atoms with Gasteiger partial charge in [0.25, 0.3) is 0 Å². The Morgan fingerprint density at radius 2 is 2.08 bits per heavy atom. The average molecular weight is 484 g/mol. The van der Waals surface area contributed by atoms with Crippen LogP contribution in [-0.2, 0) is 17.7 Å². The summed E-state index contributed by atoms with van der Waals surface area (Å²) in [6.07, 6.45) is 6.87. The Balaban J connectivity index is 0.00000576. The van der Waals surface area contributed by atoms with E-state index >= 15 is 0 Å². The molecule has 146 valence electrons. The largest absolute Gasteiger partial charge is 0.382 e. The summed E-state index contributed by atoms with van der Waals surface area (Å²) in [7, 11) is 0. The van der Waals surface area contributed by atoms with Crippen molar-refractivity contribution in [1.82, 2.24) is 25.4 Å². The molecule has 0 atom stereocenters. The first kappa shape index (κ1) is 24.5. The molecule has 1 aromatic rings. The van der Waals surface area contributed by atoms with Crippen molar-refractivity contribution in [2.75, 3.05) is 44.9 Å². The normalized spacial score (nSPS) is 11.2. The van der Waals surface area contributed by atoms with Gasteiger partial charge in [0.05, 0.1) is 0 Å². The van der Waals surface area contributed by atoms with Crippen LogP contribution in [0.2, 0.25) is 0 Å². The molecule has 0 spiro atoms. The summed E-state index contributed by atoms with van der Waals surface area (Å²) in [6, 6.07) is 0. The van der Waals surface area contributed by atoms with E-state index in [1.165, 1.54) is 0 Å². The molecule has 0 unspecified atom stereocenters. The van der Waals surface area contributed by atoms with E-state index in [1.54, 1.807) is 6.33 Å². The summed E-state index contributed by atoms with van der Waals surface area (Å²) in [6.45, 7) is 8.99. The van der Waals surface area contributed by atoms with Gasteiger partial charge < -0.3 is 19.9 Å². The molecule has 0 amide bonds. The lowest BCUT2D eigenvalue weighted by Gasteiger charge is -2.13. The molecular weight excluding hydrogens is 451 g/mol. The number of hydrogen-bond acceptors (Lipinski definition) is 5. The second-order valence-electron chi connectivity index (χ2n) is 5.27. The maximum Gasteiger partial charge on any atom is 0.191 e. The molecule has 0 aromatic carbocycles. The van der Waals surface area contributed by atoms with Crippen LogP contribution in [0.15, 0.2) is 11.3 Å². The zero-order chi connectivity index (χ0) is 17.5. The molecule has 1 rings (SSSR count). The number of halogens is 1. The van der Waals surface area contributed by atoms with E-state index in [-0.39, 0.29) is 24.0 Å². The topological polar surface area (TPSA) is 76.4 Å². The van der Waals surface area contributed by atoms with Gasteiger partial charge in [-0.3, -0.25) is 4.99 Å². The van der Waals surface area contributed by atoms with Crippen molar-refractivity contribution < 1.29 is 4.74 Å². The Hall–Kier alpha value is -0.550. The first-order chi connectivity index (χ1) is 11.8. The quantitative estimate of drug-likeness (QED) is 0.194. The Labute approximate surface area is 173 Å². The molecule has 9 heteroatoms. The molecule has 0 aliphatic carbocycles. The number of thioether (sulfide) groups is 1. The van der Waals surface area contributed by atoms with Crippen molar-refractivity contribution in [2.24, 2.45) is 4.99 Å². The van der Waals surface area contributed by atoms with E-state index in [1.807, 2.05) is 18.7 Å². The van der Waals surface area contributed by atoms with Gasteiger partial charge in [0.1, 0.15) is 12.2 Å². The first-order valence-electron chi connectivity index (χ1n) is 8.77. The van der Waals surface area contributed by atoms with E-state index in [0.29, 0.717) is 0 Å². The molecule has 1 aromatic heterocycles. The third-order valence-corrected chi connectivity index (χ3v) is 4.09. The van der Waals surface area contributed by atoms with Crippen molar-refractivity contribution in [1.29, 1.82) is 0 Å². The van der Waals surface area contributed by atoms with Gasteiger partial charge >= 0.3 is 0 Å². The van der Waals surface area contributed by atoms with E-state index < -0.39 is 0 Å². The number of aliphatic imine (C=N–C) groups is 1. The molecule has 0 radical (unpaired) electrons. The number of nitrogens with zero attached hydrogens (tertiary/aromatic N) is 4. The van der Waals surface area contributed by atoms with Crippen molar-refractivity contribution in [3.8, 4) is 0 Å². The van der Waals surface area contributed by atoms with Gasteiger partial charge in [0.15, 0.2) is 5.96 Å². The number of aryl methyl sites for hydroxylation is 1. The van der Waals surface area contributed by atoms with E-state index in [4.69, 9.17) is 4.74 Å². The van der Waals surface area contributed by atoms with E-state index in [0.717, 1.165) is 76.2 Å². The maximum atomic E-state index is 5.36. The smallest absolute Gasteiger partial charge is 0.191 e. The van der Waals surface area contributed by atoms with Gasteiger partial charge in [-0.05, 0) is 31.8 Å². The van der Waals surface area contributed by atoms with Crippen LogP contribution >= 0.6 is 35.7 Å². The van der Waals surface area contributed by atoms with E-state index in [2.05, 4.69) is 43.6 Å². The molecule has 0 aliphatic heterocycles. The predicted octanol–water partition coefficient (Wildman–Crippen LogP) is 2.17. The van der Waals surface area contributed by atoms with Gasteiger partial charge in [-0.25, -0.2) is 0 Å². The molecule has 0 fully saturated rings. The molecule has 0 saturated heterocycles. The number of ether oxygens (including phenoxy) is 1. The summed E-state index contributed by atoms with van der Waals surface area (Å²) < 4.78 is 7.44. The number of hydrogen-bond donors (Lipinski definition) is 2. The van der Waals surface area contributed by atoms with Gasteiger partial charge in [-0.2, -0.15) is 11.8 Å². The van der Waals surface area contributed by atoms with Crippen LogP contribution in [-0.4, -0.2) is 65.6 Å². The summed E-state index contributed by atoms with van der Waals surface area (Å²) in [5.74, 6) is 3.03. The number of aromatic nitrogens is 3. The zero-order valence-electron chi connectivity index (χ0n) is 15.7. The molecule has 0 saturated carbocycles. The summed E-state index contributed by atoms with van der Waals surface area (Å²) in [5, 5.41) is 14.8. The van der Waals surface area contributed by atoms with Crippen LogP contribution in [0.1, 0.15) is 32.5 Å². The summed E-state index contributed by atoms with van der Waals surface area (Å²) in [4.78, 5) is 4.64. The summed E-state index contributed by atoms with van der Waals surface area (Å²) >= 11 is 1.86. The molecule has 25 heavy (non-hydrogen) atoms. The Kier molecular flexibility index (Phi) is 16.5. The number of guanidine groups is 1. The number of rotatable bonds is 13. The third-order valence-electron chi connectivity index (χ3n) is 3.40. The highest BCUT2D eigenvalue weighted by Crippen LogP contribution is 1.96. The lowest BCUT2D eigenvalue weighted by atomic mass is 10.4. The SMILES string of the molecule is CCOCCCNC(=NCCCSC)NCCn1cnnc1CC.I. The van der Waals surface area contributed by atoms with Crippen LogP contribution in [0.5, 0.6) is 0 Å². The van der Waals surface area contributed by atoms with Crippen molar-refractivity contribution in [3.63, 3.8) is 0 Å². The fraction of sp³-hybridized carbons (Fsp3) is 0.812. The van der Waals surface area contributed by atoms with E-state index in [9.17, 15) is 0 Å². The lowest BCUT2D eigenvalue weighted by molar-refractivity contribution is 0.145. The Morgan fingerprint density at radius 1 is 1.28 bits per heavy atom. The standard InChI is InChI=1S/C16H32N6OS.HI/c1-4-15-21-20-14-22(15)11-10-19-16(18-9-7-13-24-3)17-8-6-12-23-5-2;/h14H,4-13H2,1-3H3,(H2,17,18,19);1H. The summed E-state index contributed by atoms with van der Waals surface area (Å²) in [5.41, 5.74) is 0. The van der Waals surface area contributed by atoms with Gasteiger partial charge in [0, 0.05) is 45.8 Å². The number of nitrogens with one attached hydrogen (secondary N) is 2. The van der Waals surface area contributed by atoms with Crippen molar-refractivity contribution in [3.05, 3.63) is 12.2 Å². The van der Waals surface area contributed by atoms with Gasteiger partial charge in [-0.1, -0.05) is 6.92 Å². The average Bonchev–Trinajstić information content (AvgIpc) is 3.05. The molecule has 0 bridgehead atoms. The van der Waals surface area contributed by atoms with Crippen LogP contribution in [0.25, 0.3) is 0 Å². The van der Waals surface area contributed by atoms with Crippen LogP contribution in [0.4, 0.5) is 0 Å². The molecule has 0 aliphatic rings. The lowest BCUT2D eigenvalue weighted by Crippen LogP contribution is -2.40. The third kappa shape index (κ3) is 11.6. The monoisotopic (exact) mass is 484 g/mol. The fourth-order valence-corrected chi connectivity index (χ4v) is 2.55. The predicted molar refractivity (Wildman–Crippen MR) is 117 cm³/mol. The maximum absolute atomic E-state index is 5.36. The molecule has 1 heterocycles. The highest BCUT2D eigenvalue weighted by atomic mass is 127. The van der Waals surface area contributed by atoms with Crippen molar-refractivity contribution >= 4 is 41.7 Å². The second-order valence-corrected chi connectivity index (χ2v) is 6.26. The Morgan fingerprint density at radius 3 is 2.80 bits per heavy atom. The minimum atomic E-state index is 0. The van der Waals surface area contributed by atoms with Gasteiger partial charge in [-0.15, -0.1) is 34.2 Å². The highest BCUT2D eigenvalue weighted by Gasteiger charge is 2.02. The molecule has 2 N–H and O–H groups in total. The van der Waals surface area contributed by atoms with Crippen molar-refractivity contribution in [2.45, 2.75) is 39.7 Å². The molecule has 7 nitrogen and oxygen atoms in total. The molecular formula is C16H33IN6OS. The Bertz CT molecular complexity index is 458. The van der Waals surface area contributed by atoms with Crippen LogP contribution < -0.4 is 10.6 Å².